The van der Waals surface area contributed by atoms with Gasteiger partial charge in [-0.1, -0.05) is 13.8 Å². The Morgan fingerprint density at radius 3 is 3.04 bits per heavy atom. The van der Waals surface area contributed by atoms with Gasteiger partial charge in [0, 0.05) is 24.9 Å². The highest BCUT2D eigenvalue weighted by molar-refractivity contribution is 7.16. The van der Waals surface area contributed by atoms with Gasteiger partial charge in [-0.3, -0.25) is 14.0 Å². The zero-order valence-corrected chi connectivity index (χ0v) is 15.4. The highest BCUT2D eigenvalue weighted by atomic mass is 32.1. The van der Waals surface area contributed by atoms with Crippen molar-refractivity contribution in [3.05, 3.63) is 33.7 Å². The topological polar surface area (TPSA) is 59.6 Å². The van der Waals surface area contributed by atoms with Crippen molar-refractivity contribution in [1.82, 2.24) is 19.1 Å². The summed E-state index contributed by atoms with van der Waals surface area (Å²) in [5.41, 5.74) is 0.410. The van der Waals surface area contributed by atoms with Crippen LogP contribution in [-0.4, -0.2) is 38.1 Å². The summed E-state index contributed by atoms with van der Waals surface area (Å²) in [6, 6.07) is 3.91. The third kappa shape index (κ3) is 2.76. The fraction of sp³-hybridized carbons (Fsp3) is 0.500. The molecule has 3 aromatic rings. The fourth-order valence-electron chi connectivity index (χ4n) is 3.68. The van der Waals surface area contributed by atoms with E-state index >= 15 is 0 Å². The van der Waals surface area contributed by atoms with E-state index in [1.54, 1.807) is 11.3 Å². The first kappa shape index (κ1) is 16.3. The molecular weight excluding hydrogens is 336 g/mol. The minimum Gasteiger partial charge on any atom is -0.341 e. The Morgan fingerprint density at radius 1 is 1.44 bits per heavy atom. The van der Waals surface area contributed by atoms with Crippen molar-refractivity contribution in [3.8, 4) is 0 Å². The maximum atomic E-state index is 12.9. The van der Waals surface area contributed by atoms with Crippen LogP contribution >= 0.6 is 11.3 Å². The maximum absolute atomic E-state index is 12.9. The van der Waals surface area contributed by atoms with E-state index in [0.29, 0.717) is 17.9 Å². The van der Waals surface area contributed by atoms with Crippen molar-refractivity contribution < 1.29 is 4.79 Å². The molecule has 25 heavy (non-hydrogen) atoms. The van der Waals surface area contributed by atoms with Gasteiger partial charge >= 0.3 is 0 Å². The second kappa shape index (κ2) is 6.29. The van der Waals surface area contributed by atoms with Gasteiger partial charge in [0.1, 0.15) is 22.7 Å². The molecule has 1 aliphatic heterocycles. The lowest BCUT2D eigenvalue weighted by atomic mass is 10.0. The van der Waals surface area contributed by atoms with Crippen molar-refractivity contribution in [1.29, 1.82) is 0 Å². The average molecular weight is 358 g/mol. The number of carbonyl (C=O) groups is 1. The average Bonchev–Trinajstić information content (AvgIpc) is 3.19. The number of nitrogens with zero attached hydrogens (tertiary/aromatic N) is 4. The van der Waals surface area contributed by atoms with Crippen LogP contribution in [0.15, 0.2) is 22.3 Å². The third-order valence-electron chi connectivity index (χ3n) is 4.97. The molecule has 1 atom stereocenters. The number of thiophene rings is 1. The first-order chi connectivity index (χ1) is 12.1. The van der Waals surface area contributed by atoms with Crippen LogP contribution in [-0.2, 0) is 17.8 Å². The number of rotatable bonds is 3. The molecule has 0 aromatic carbocycles. The highest BCUT2D eigenvalue weighted by Crippen LogP contribution is 2.24. The van der Waals surface area contributed by atoms with E-state index in [4.69, 9.17) is 0 Å². The van der Waals surface area contributed by atoms with Crippen LogP contribution in [0.25, 0.3) is 15.7 Å². The molecule has 4 rings (SSSR count). The summed E-state index contributed by atoms with van der Waals surface area (Å²) in [7, 11) is 0. The van der Waals surface area contributed by atoms with Gasteiger partial charge in [-0.25, -0.2) is 4.68 Å². The van der Waals surface area contributed by atoms with E-state index < -0.39 is 0 Å². The van der Waals surface area contributed by atoms with Crippen LogP contribution in [0.1, 0.15) is 32.5 Å². The van der Waals surface area contributed by atoms with Gasteiger partial charge in [0.2, 0.25) is 5.91 Å². The zero-order chi connectivity index (χ0) is 17.6. The minimum absolute atomic E-state index is 0.0130. The Balaban J connectivity index is 1.73. The second-order valence-electron chi connectivity index (χ2n) is 6.87. The molecule has 0 N–H and O–H groups in total. The minimum atomic E-state index is -0.195. The van der Waals surface area contributed by atoms with Crippen molar-refractivity contribution in [3.63, 3.8) is 0 Å². The molecule has 0 unspecified atom stereocenters. The van der Waals surface area contributed by atoms with E-state index in [1.807, 2.05) is 33.7 Å². The Morgan fingerprint density at radius 2 is 2.28 bits per heavy atom. The van der Waals surface area contributed by atoms with Crippen LogP contribution < -0.4 is 5.56 Å². The summed E-state index contributed by atoms with van der Waals surface area (Å²) in [6.07, 6.45) is 2.89. The van der Waals surface area contributed by atoms with Gasteiger partial charge in [0.25, 0.3) is 5.56 Å². The molecule has 3 aromatic heterocycles. The van der Waals surface area contributed by atoms with E-state index in [2.05, 4.69) is 12.0 Å². The van der Waals surface area contributed by atoms with Crippen LogP contribution in [0, 0.1) is 5.92 Å². The lowest BCUT2D eigenvalue weighted by Gasteiger charge is -2.31. The Labute approximate surface area is 149 Å². The number of hydrogen-bond acceptors (Lipinski definition) is 4. The maximum Gasteiger partial charge on any atom is 0.291 e. The molecule has 1 amide bonds. The zero-order valence-electron chi connectivity index (χ0n) is 14.6. The van der Waals surface area contributed by atoms with Crippen molar-refractivity contribution in [2.24, 2.45) is 5.92 Å². The molecular formula is C18H22N4O2S. The fourth-order valence-corrected chi connectivity index (χ4v) is 4.60. The number of likely N-dealkylation sites (tertiary alicyclic amines) is 1. The molecule has 1 saturated heterocycles. The van der Waals surface area contributed by atoms with E-state index in [1.165, 1.54) is 4.68 Å². The molecule has 1 aliphatic rings. The smallest absolute Gasteiger partial charge is 0.291 e. The summed E-state index contributed by atoms with van der Waals surface area (Å²) in [6.45, 7) is 5.76. The number of aromatic nitrogens is 3. The number of piperidine rings is 1. The van der Waals surface area contributed by atoms with Crippen LogP contribution in [0.2, 0.25) is 0 Å². The van der Waals surface area contributed by atoms with Crippen LogP contribution in [0.5, 0.6) is 0 Å². The van der Waals surface area contributed by atoms with E-state index in [-0.39, 0.29) is 18.0 Å². The standard InChI is InChI=1S/C18H22N4O2S/c1-3-15-19-21(11-16(23)20-7-4-5-12(2)10-20)17(24)14-9-13-6-8-25-18(13)22(14)15/h6,8-9,12H,3-5,7,10-11H2,1-2H3/t12-/m0/s1. The van der Waals surface area contributed by atoms with Crippen molar-refractivity contribution in [2.75, 3.05) is 13.1 Å². The van der Waals surface area contributed by atoms with Crippen LogP contribution in [0.4, 0.5) is 0 Å². The Bertz CT molecular complexity index is 1000. The summed E-state index contributed by atoms with van der Waals surface area (Å²) in [5, 5.41) is 7.57. The predicted octanol–water partition coefficient (Wildman–Crippen LogP) is 2.53. The number of amides is 1. The molecule has 1 fully saturated rings. The largest absolute Gasteiger partial charge is 0.341 e. The molecule has 0 saturated carbocycles. The number of aryl methyl sites for hydroxylation is 1. The Kier molecular flexibility index (Phi) is 4.11. The van der Waals surface area contributed by atoms with E-state index in [9.17, 15) is 9.59 Å². The molecule has 0 radical (unpaired) electrons. The highest BCUT2D eigenvalue weighted by Gasteiger charge is 2.23. The van der Waals surface area contributed by atoms with Gasteiger partial charge in [-0.05, 0) is 36.3 Å². The number of fused-ring (bicyclic) bond motifs is 3. The first-order valence-corrected chi connectivity index (χ1v) is 9.73. The molecule has 7 heteroatoms. The Hall–Kier alpha value is -2.15. The number of carbonyl (C=O) groups excluding carboxylic acids is 1. The summed E-state index contributed by atoms with van der Waals surface area (Å²) in [4.78, 5) is 28.4. The lowest BCUT2D eigenvalue weighted by molar-refractivity contribution is -0.133. The summed E-state index contributed by atoms with van der Waals surface area (Å²) >= 11 is 1.60. The molecule has 0 bridgehead atoms. The molecule has 132 valence electrons. The van der Waals surface area contributed by atoms with Gasteiger partial charge in [0.15, 0.2) is 0 Å². The first-order valence-electron chi connectivity index (χ1n) is 8.85. The van der Waals surface area contributed by atoms with Crippen molar-refractivity contribution in [2.45, 2.75) is 39.7 Å². The molecule has 6 nitrogen and oxygen atoms in total. The van der Waals surface area contributed by atoms with Gasteiger partial charge in [-0.15, -0.1) is 11.3 Å². The quantitative estimate of drug-likeness (QED) is 0.723. The van der Waals surface area contributed by atoms with Crippen LogP contribution in [0.3, 0.4) is 0 Å². The SMILES string of the molecule is CCc1nn(CC(=O)N2CCC[C@H](C)C2)c(=O)c2cc3ccsc3n12. The normalized spacial score (nSPS) is 18.3. The number of hydrogen-bond donors (Lipinski definition) is 0. The molecule has 0 spiro atoms. The molecule has 0 aliphatic carbocycles. The summed E-state index contributed by atoms with van der Waals surface area (Å²) < 4.78 is 3.28. The predicted molar refractivity (Wildman–Crippen MR) is 99.2 cm³/mol. The third-order valence-corrected chi connectivity index (χ3v) is 5.88. The van der Waals surface area contributed by atoms with Gasteiger partial charge in [0.05, 0.1) is 0 Å². The monoisotopic (exact) mass is 358 g/mol. The van der Waals surface area contributed by atoms with Gasteiger partial charge < -0.3 is 4.90 Å². The summed E-state index contributed by atoms with van der Waals surface area (Å²) in [5.74, 6) is 1.32. The van der Waals surface area contributed by atoms with Gasteiger partial charge in [-0.2, -0.15) is 5.10 Å². The molecule has 4 heterocycles. The second-order valence-corrected chi connectivity index (χ2v) is 7.76. The van der Waals surface area contributed by atoms with E-state index in [0.717, 1.165) is 42.0 Å². The van der Waals surface area contributed by atoms with Crippen molar-refractivity contribution >= 4 is 33.0 Å². The lowest BCUT2D eigenvalue weighted by Crippen LogP contribution is -2.43.